The Kier molecular flexibility index (Phi) is 5.22. The van der Waals surface area contributed by atoms with Gasteiger partial charge in [0.15, 0.2) is 0 Å². The number of carbonyl (C=O) groups is 1. The monoisotopic (exact) mass is 352 g/mol. The lowest BCUT2D eigenvalue weighted by atomic mass is 9.96. The molecule has 0 radical (unpaired) electrons. The number of hydrogen-bond donors (Lipinski definition) is 0. The molecule has 0 atom stereocenters. The van der Waals surface area contributed by atoms with Gasteiger partial charge in [0.1, 0.15) is 0 Å². The Labute approximate surface area is 143 Å². The molecule has 2 aliphatic rings. The van der Waals surface area contributed by atoms with Crippen molar-refractivity contribution in [2.75, 3.05) is 39.0 Å². The molecule has 132 valence electrons. The number of likely N-dealkylation sites (tertiary alicyclic amines) is 1. The molecule has 0 aromatic heterocycles. The van der Waals surface area contributed by atoms with E-state index in [9.17, 15) is 13.2 Å². The third-order valence-corrected chi connectivity index (χ3v) is 5.38. The van der Waals surface area contributed by atoms with Gasteiger partial charge < -0.3 is 9.80 Å². The summed E-state index contributed by atoms with van der Waals surface area (Å²) in [6.07, 6.45) is 3.13. The van der Waals surface area contributed by atoms with Crippen molar-refractivity contribution < 1.29 is 17.4 Å². The van der Waals surface area contributed by atoms with Gasteiger partial charge in [0.05, 0.1) is 12.9 Å². The zero-order valence-electron chi connectivity index (χ0n) is 14.0. The van der Waals surface area contributed by atoms with Crippen LogP contribution >= 0.6 is 0 Å². The summed E-state index contributed by atoms with van der Waals surface area (Å²) in [6, 6.07) is 7.82. The number of nitrogens with zero attached hydrogens (tertiary/aromatic N) is 2. The fourth-order valence-corrected chi connectivity index (χ4v) is 3.86. The summed E-state index contributed by atoms with van der Waals surface area (Å²) in [7, 11) is -3.35. The van der Waals surface area contributed by atoms with E-state index in [1.807, 2.05) is 29.2 Å². The SMILES string of the molecule is CS(=O)(=O)OCCN1CCC(CN2Cc3ccccc3C2=O)CC1. The van der Waals surface area contributed by atoms with Crippen molar-refractivity contribution in [1.82, 2.24) is 9.80 Å². The maximum atomic E-state index is 12.4. The van der Waals surface area contributed by atoms with Crippen molar-refractivity contribution in [1.29, 1.82) is 0 Å². The third kappa shape index (κ3) is 4.34. The quantitative estimate of drug-likeness (QED) is 0.723. The Morgan fingerprint density at radius 1 is 1.21 bits per heavy atom. The van der Waals surface area contributed by atoms with Crippen molar-refractivity contribution in [3.63, 3.8) is 0 Å². The number of fused-ring (bicyclic) bond motifs is 1. The van der Waals surface area contributed by atoms with Gasteiger partial charge >= 0.3 is 0 Å². The summed E-state index contributed by atoms with van der Waals surface area (Å²) in [6.45, 7) is 4.22. The maximum absolute atomic E-state index is 12.4. The van der Waals surface area contributed by atoms with Gasteiger partial charge in [-0.3, -0.25) is 8.98 Å². The van der Waals surface area contributed by atoms with Crippen LogP contribution in [0.15, 0.2) is 24.3 Å². The second kappa shape index (κ2) is 7.21. The van der Waals surface area contributed by atoms with Crippen LogP contribution in [0.5, 0.6) is 0 Å². The molecular weight excluding hydrogens is 328 g/mol. The molecule has 6 nitrogen and oxygen atoms in total. The number of amides is 1. The van der Waals surface area contributed by atoms with Gasteiger partial charge in [0, 0.05) is 25.2 Å². The maximum Gasteiger partial charge on any atom is 0.264 e. The molecule has 1 aromatic carbocycles. The molecular formula is C17H24N2O4S. The van der Waals surface area contributed by atoms with Crippen LogP contribution < -0.4 is 0 Å². The van der Waals surface area contributed by atoms with Crippen LogP contribution in [0.1, 0.15) is 28.8 Å². The molecule has 0 N–H and O–H groups in total. The van der Waals surface area contributed by atoms with Crippen molar-refractivity contribution in [3.05, 3.63) is 35.4 Å². The second-order valence-electron chi connectivity index (χ2n) is 6.65. The molecule has 0 saturated carbocycles. The standard InChI is InChI=1S/C17H24N2O4S/c1-24(21,22)23-11-10-18-8-6-14(7-9-18)12-19-13-15-4-2-3-5-16(15)17(19)20/h2-5,14H,6-13H2,1H3. The average Bonchev–Trinajstić information content (AvgIpc) is 2.85. The third-order valence-electron chi connectivity index (χ3n) is 4.79. The molecule has 1 amide bonds. The molecule has 24 heavy (non-hydrogen) atoms. The summed E-state index contributed by atoms with van der Waals surface area (Å²) >= 11 is 0. The van der Waals surface area contributed by atoms with Crippen molar-refractivity contribution >= 4 is 16.0 Å². The second-order valence-corrected chi connectivity index (χ2v) is 8.30. The topological polar surface area (TPSA) is 66.9 Å². The van der Waals surface area contributed by atoms with E-state index in [2.05, 4.69) is 4.90 Å². The van der Waals surface area contributed by atoms with Crippen LogP contribution in [0.3, 0.4) is 0 Å². The van der Waals surface area contributed by atoms with Gasteiger partial charge in [-0.05, 0) is 43.5 Å². The van der Waals surface area contributed by atoms with E-state index in [-0.39, 0.29) is 12.5 Å². The number of hydrogen-bond acceptors (Lipinski definition) is 5. The predicted octanol–water partition coefficient (Wildman–Crippen LogP) is 1.33. The Morgan fingerprint density at radius 2 is 1.92 bits per heavy atom. The molecule has 3 rings (SSSR count). The molecule has 2 aliphatic heterocycles. The predicted molar refractivity (Wildman–Crippen MR) is 91.1 cm³/mol. The highest BCUT2D eigenvalue weighted by Gasteiger charge is 2.30. The molecule has 0 bridgehead atoms. The van der Waals surface area contributed by atoms with Crippen LogP contribution in [0.2, 0.25) is 0 Å². The van der Waals surface area contributed by atoms with Crippen molar-refractivity contribution in [2.24, 2.45) is 5.92 Å². The van der Waals surface area contributed by atoms with Crippen molar-refractivity contribution in [2.45, 2.75) is 19.4 Å². The largest absolute Gasteiger partial charge is 0.334 e. The first-order valence-electron chi connectivity index (χ1n) is 8.36. The first-order chi connectivity index (χ1) is 11.4. The average molecular weight is 352 g/mol. The van der Waals surface area contributed by atoms with Crippen molar-refractivity contribution in [3.8, 4) is 0 Å². The van der Waals surface area contributed by atoms with Crippen LogP contribution in [0.25, 0.3) is 0 Å². The highest BCUT2D eigenvalue weighted by Crippen LogP contribution is 2.26. The van der Waals surface area contributed by atoms with E-state index in [1.54, 1.807) is 0 Å². The number of rotatable bonds is 6. The highest BCUT2D eigenvalue weighted by molar-refractivity contribution is 7.85. The van der Waals surface area contributed by atoms with Gasteiger partial charge in [0.2, 0.25) is 0 Å². The minimum absolute atomic E-state index is 0.148. The smallest absolute Gasteiger partial charge is 0.264 e. The molecule has 0 spiro atoms. The fourth-order valence-electron chi connectivity index (χ4n) is 3.48. The zero-order chi connectivity index (χ0) is 17.2. The minimum atomic E-state index is -3.35. The van der Waals surface area contributed by atoms with E-state index >= 15 is 0 Å². The van der Waals surface area contributed by atoms with Gasteiger partial charge in [-0.25, -0.2) is 0 Å². The van der Waals surface area contributed by atoms with E-state index in [0.717, 1.165) is 56.4 Å². The van der Waals surface area contributed by atoms with Gasteiger partial charge in [-0.2, -0.15) is 8.42 Å². The van der Waals surface area contributed by atoms with E-state index in [4.69, 9.17) is 4.18 Å². The number of benzene rings is 1. The van der Waals surface area contributed by atoms with Gasteiger partial charge in [-0.1, -0.05) is 18.2 Å². The molecule has 0 aliphatic carbocycles. The molecule has 1 fully saturated rings. The fraction of sp³-hybridized carbons (Fsp3) is 0.588. The number of carbonyl (C=O) groups excluding carboxylic acids is 1. The molecule has 0 unspecified atom stereocenters. The highest BCUT2D eigenvalue weighted by atomic mass is 32.2. The Hall–Kier alpha value is -1.44. The number of piperidine rings is 1. The lowest BCUT2D eigenvalue weighted by Gasteiger charge is -2.33. The molecule has 1 saturated heterocycles. The van der Waals surface area contributed by atoms with Crippen LogP contribution in [-0.4, -0.2) is 63.2 Å². The minimum Gasteiger partial charge on any atom is -0.334 e. The summed E-state index contributed by atoms with van der Waals surface area (Å²) in [4.78, 5) is 16.6. The van der Waals surface area contributed by atoms with Crippen LogP contribution in [0.4, 0.5) is 0 Å². The van der Waals surface area contributed by atoms with Gasteiger partial charge in [0.25, 0.3) is 16.0 Å². The summed E-state index contributed by atoms with van der Waals surface area (Å²) in [5.41, 5.74) is 1.96. The Morgan fingerprint density at radius 3 is 2.58 bits per heavy atom. The summed E-state index contributed by atoms with van der Waals surface area (Å²) < 4.78 is 26.7. The molecule has 2 heterocycles. The van der Waals surface area contributed by atoms with Crippen LogP contribution in [-0.2, 0) is 20.8 Å². The lowest BCUT2D eigenvalue weighted by Crippen LogP contribution is -2.40. The van der Waals surface area contributed by atoms with E-state index in [0.29, 0.717) is 12.5 Å². The van der Waals surface area contributed by atoms with Crippen LogP contribution in [0, 0.1) is 5.92 Å². The van der Waals surface area contributed by atoms with E-state index in [1.165, 1.54) is 0 Å². The van der Waals surface area contributed by atoms with E-state index < -0.39 is 10.1 Å². The normalized spacial score (nSPS) is 19.7. The Balaban J connectivity index is 1.43. The molecule has 7 heteroatoms. The zero-order valence-corrected chi connectivity index (χ0v) is 14.8. The first kappa shape index (κ1) is 17.4. The van der Waals surface area contributed by atoms with Gasteiger partial charge in [-0.15, -0.1) is 0 Å². The molecule has 1 aromatic rings. The Bertz CT molecular complexity index is 696. The lowest BCUT2D eigenvalue weighted by molar-refractivity contribution is 0.0709. The summed E-state index contributed by atoms with van der Waals surface area (Å²) in [5, 5.41) is 0. The summed E-state index contributed by atoms with van der Waals surface area (Å²) in [5.74, 6) is 0.657. The first-order valence-corrected chi connectivity index (χ1v) is 10.2.